The highest BCUT2D eigenvalue weighted by molar-refractivity contribution is 7.89. The third-order valence-corrected chi connectivity index (χ3v) is 4.27. The van der Waals surface area contributed by atoms with Crippen molar-refractivity contribution in [1.29, 1.82) is 0 Å². The van der Waals surface area contributed by atoms with Gasteiger partial charge in [-0.15, -0.1) is 0 Å². The number of halogens is 4. The average Bonchev–Trinajstić information content (AvgIpc) is 2.35. The fraction of sp³-hybridized carbons (Fsp3) is 0.455. The lowest BCUT2D eigenvalue weighted by Gasteiger charge is -2.20. The summed E-state index contributed by atoms with van der Waals surface area (Å²) in [5.41, 5.74) is -3.01. The lowest BCUT2D eigenvalue weighted by atomic mass is 10.1. The summed E-state index contributed by atoms with van der Waals surface area (Å²) < 4.78 is 63.7. The molecule has 3 N–H and O–H groups in total. The summed E-state index contributed by atoms with van der Waals surface area (Å²) in [5.74, 6) is 0. The van der Waals surface area contributed by atoms with Crippen LogP contribution in [0.25, 0.3) is 0 Å². The Morgan fingerprint density at radius 2 is 1.90 bits per heavy atom. The molecule has 0 fully saturated rings. The van der Waals surface area contributed by atoms with Crippen molar-refractivity contribution in [3.05, 3.63) is 28.8 Å². The number of hydrogen-bond donors (Lipinski definition) is 3. The highest BCUT2D eigenvalue weighted by Gasteiger charge is 2.34. The Morgan fingerprint density at radius 1 is 1.33 bits per heavy atom. The van der Waals surface area contributed by atoms with Gasteiger partial charge in [-0.1, -0.05) is 11.6 Å². The zero-order valence-corrected chi connectivity index (χ0v) is 12.3. The molecule has 0 aliphatic rings. The minimum atomic E-state index is -4.79. The van der Waals surface area contributed by atoms with Gasteiger partial charge in [0.05, 0.1) is 27.7 Å². The lowest BCUT2D eigenvalue weighted by molar-refractivity contribution is -0.137. The molecule has 1 rings (SSSR count). The van der Waals surface area contributed by atoms with Crippen LogP contribution in [0.3, 0.4) is 0 Å². The van der Waals surface area contributed by atoms with Crippen molar-refractivity contribution in [3.8, 4) is 0 Å². The van der Waals surface area contributed by atoms with E-state index in [1.54, 1.807) is 0 Å². The van der Waals surface area contributed by atoms with Crippen LogP contribution in [0.5, 0.6) is 0 Å². The fourth-order valence-corrected chi connectivity index (χ4v) is 2.69. The summed E-state index contributed by atoms with van der Waals surface area (Å²) >= 11 is 5.39. The first-order valence-electron chi connectivity index (χ1n) is 5.59. The highest BCUT2D eigenvalue weighted by atomic mass is 35.5. The molecule has 1 atom stereocenters. The molecule has 5 nitrogen and oxygen atoms in total. The normalized spacial score (nSPS) is 15.8. The molecule has 21 heavy (non-hydrogen) atoms. The van der Waals surface area contributed by atoms with Gasteiger partial charge in [-0.2, -0.15) is 13.2 Å². The maximum Gasteiger partial charge on any atom is 0.417 e. The molecular formula is C11H13ClF3NO4S. The third-order valence-electron chi connectivity index (χ3n) is 2.54. The van der Waals surface area contributed by atoms with Gasteiger partial charge in [0, 0.05) is 6.54 Å². The Morgan fingerprint density at radius 3 is 2.38 bits per heavy atom. The summed E-state index contributed by atoms with van der Waals surface area (Å²) in [6, 6.07) is 2.13. The largest absolute Gasteiger partial charge is 0.417 e. The summed E-state index contributed by atoms with van der Waals surface area (Å²) in [6.07, 6.45) is -4.79. The number of sulfonamides is 1. The van der Waals surface area contributed by atoms with Crippen molar-refractivity contribution >= 4 is 21.6 Å². The van der Waals surface area contributed by atoms with Crippen molar-refractivity contribution < 1.29 is 31.8 Å². The number of aliphatic hydroxyl groups is 2. The number of hydrogen-bond acceptors (Lipinski definition) is 4. The molecule has 0 radical (unpaired) electrons. The Kier molecular flexibility index (Phi) is 5.27. The second kappa shape index (κ2) is 6.09. The van der Waals surface area contributed by atoms with E-state index in [2.05, 4.69) is 0 Å². The summed E-state index contributed by atoms with van der Waals surface area (Å²) in [4.78, 5) is -0.645. The van der Waals surface area contributed by atoms with Gasteiger partial charge >= 0.3 is 6.18 Å². The van der Waals surface area contributed by atoms with Crippen molar-refractivity contribution in [2.24, 2.45) is 0 Å². The molecule has 10 heteroatoms. The molecule has 1 aromatic rings. The van der Waals surface area contributed by atoms with Gasteiger partial charge in [0.1, 0.15) is 0 Å². The van der Waals surface area contributed by atoms with Crippen molar-refractivity contribution in [2.75, 3.05) is 13.2 Å². The number of alkyl halides is 3. The van der Waals surface area contributed by atoms with Gasteiger partial charge in [0.2, 0.25) is 10.0 Å². The van der Waals surface area contributed by atoms with Crippen LogP contribution in [0.2, 0.25) is 5.02 Å². The van der Waals surface area contributed by atoms with Crippen molar-refractivity contribution in [1.82, 2.24) is 4.72 Å². The Balaban J connectivity index is 3.10. The molecular weight excluding hydrogens is 335 g/mol. The molecule has 0 aromatic heterocycles. The van der Waals surface area contributed by atoms with E-state index in [-0.39, 0.29) is 0 Å². The first kappa shape index (κ1) is 18.2. The zero-order chi connectivity index (χ0) is 16.5. The second-order valence-corrected chi connectivity index (χ2v) is 6.79. The Labute approximate surface area is 124 Å². The molecule has 120 valence electrons. The summed E-state index contributed by atoms with van der Waals surface area (Å²) in [5, 5.41) is 17.7. The van der Waals surface area contributed by atoms with Crippen LogP contribution in [0.15, 0.2) is 23.1 Å². The SMILES string of the molecule is CC(O)(CO)CNS(=O)(=O)c1ccc(Cl)c(C(F)(F)F)c1. The quantitative estimate of drug-likeness (QED) is 0.751. The topological polar surface area (TPSA) is 86.6 Å². The predicted molar refractivity (Wildman–Crippen MR) is 69.4 cm³/mol. The highest BCUT2D eigenvalue weighted by Crippen LogP contribution is 2.35. The monoisotopic (exact) mass is 347 g/mol. The van der Waals surface area contributed by atoms with E-state index in [9.17, 15) is 26.7 Å². The van der Waals surface area contributed by atoms with Crippen LogP contribution in [-0.4, -0.2) is 37.4 Å². The predicted octanol–water partition coefficient (Wildman–Crippen LogP) is 1.38. The zero-order valence-electron chi connectivity index (χ0n) is 10.8. The first-order valence-corrected chi connectivity index (χ1v) is 7.45. The molecule has 0 saturated heterocycles. The standard InChI is InChI=1S/C11H13ClF3NO4S/c1-10(18,6-17)5-16-21(19,20)7-2-3-9(12)8(4-7)11(13,14)15/h2-4,16-18H,5-6H2,1H3. The van der Waals surface area contributed by atoms with E-state index in [0.29, 0.717) is 6.07 Å². The maximum atomic E-state index is 12.7. The molecule has 0 saturated carbocycles. The van der Waals surface area contributed by atoms with E-state index in [4.69, 9.17) is 16.7 Å². The molecule has 1 unspecified atom stereocenters. The minimum absolute atomic E-state index is 0.401. The van der Waals surface area contributed by atoms with Crippen molar-refractivity contribution in [2.45, 2.75) is 23.6 Å². The minimum Gasteiger partial charge on any atom is -0.393 e. The average molecular weight is 348 g/mol. The van der Waals surface area contributed by atoms with Crippen LogP contribution in [-0.2, 0) is 16.2 Å². The smallest absolute Gasteiger partial charge is 0.393 e. The van der Waals surface area contributed by atoms with Crippen LogP contribution in [0.1, 0.15) is 12.5 Å². The molecule has 0 aliphatic carbocycles. The molecule has 0 heterocycles. The molecule has 0 aliphatic heterocycles. The van der Waals surface area contributed by atoms with Gasteiger partial charge < -0.3 is 10.2 Å². The van der Waals surface area contributed by atoms with Gasteiger partial charge in [-0.25, -0.2) is 13.1 Å². The van der Waals surface area contributed by atoms with E-state index in [0.717, 1.165) is 12.1 Å². The van der Waals surface area contributed by atoms with Crippen LogP contribution < -0.4 is 4.72 Å². The number of rotatable bonds is 5. The summed E-state index contributed by atoms with van der Waals surface area (Å²) in [6.45, 7) is -0.113. The Bertz CT molecular complexity index is 616. The Hall–Kier alpha value is -0.870. The van der Waals surface area contributed by atoms with E-state index in [1.807, 2.05) is 4.72 Å². The van der Waals surface area contributed by atoms with Crippen LogP contribution in [0, 0.1) is 0 Å². The number of benzene rings is 1. The van der Waals surface area contributed by atoms with Gasteiger partial charge in [0.25, 0.3) is 0 Å². The fourth-order valence-electron chi connectivity index (χ4n) is 1.28. The second-order valence-electron chi connectivity index (χ2n) is 4.62. The number of nitrogens with one attached hydrogen (secondary N) is 1. The summed E-state index contributed by atoms with van der Waals surface area (Å²) in [7, 11) is -4.28. The van der Waals surface area contributed by atoms with Gasteiger partial charge in [0.15, 0.2) is 0 Å². The van der Waals surface area contributed by atoms with E-state index >= 15 is 0 Å². The molecule has 0 amide bonds. The molecule has 0 bridgehead atoms. The third kappa shape index (κ3) is 4.82. The maximum absolute atomic E-state index is 12.7. The van der Waals surface area contributed by atoms with E-state index < -0.39 is 50.4 Å². The van der Waals surface area contributed by atoms with Crippen LogP contribution >= 0.6 is 11.6 Å². The van der Waals surface area contributed by atoms with Crippen LogP contribution in [0.4, 0.5) is 13.2 Å². The van der Waals surface area contributed by atoms with Crippen molar-refractivity contribution in [3.63, 3.8) is 0 Å². The van der Waals surface area contributed by atoms with Gasteiger partial charge in [-0.3, -0.25) is 0 Å². The van der Waals surface area contributed by atoms with E-state index in [1.165, 1.54) is 6.92 Å². The number of aliphatic hydroxyl groups excluding tert-OH is 1. The lowest BCUT2D eigenvalue weighted by Crippen LogP contribution is -2.43. The van der Waals surface area contributed by atoms with Gasteiger partial charge in [-0.05, 0) is 25.1 Å². The first-order chi connectivity index (χ1) is 9.39. The molecule has 0 spiro atoms. The molecule has 1 aromatic carbocycles.